The summed E-state index contributed by atoms with van der Waals surface area (Å²) in [5, 5.41) is 8.70. The molecule has 2 heterocycles. The average molecular weight is 194 g/mol. The summed E-state index contributed by atoms with van der Waals surface area (Å²) >= 11 is 0. The van der Waals surface area contributed by atoms with E-state index in [1.807, 2.05) is 0 Å². The maximum absolute atomic E-state index is 11.0. The van der Waals surface area contributed by atoms with E-state index in [4.69, 9.17) is 11.0 Å². The number of nitriles is 1. The molecule has 0 aromatic heterocycles. The predicted molar refractivity (Wildman–Crippen MR) is 50.0 cm³/mol. The lowest BCUT2D eigenvalue weighted by molar-refractivity contribution is 0.0846. The zero-order valence-electron chi connectivity index (χ0n) is 8.02. The summed E-state index contributed by atoms with van der Waals surface area (Å²) in [6, 6.07) is -0.0393. The summed E-state index contributed by atoms with van der Waals surface area (Å²) < 4.78 is 0. The molecule has 2 fully saturated rings. The van der Waals surface area contributed by atoms with Gasteiger partial charge in [-0.25, -0.2) is 4.79 Å². The number of amides is 2. The van der Waals surface area contributed by atoms with E-state index in [1.165, 1.54) is 0 Å². The van der Waals surface area contributed by atoms with E-state index in [0.717, 1.165) is 32.5 Å². The highest BCUT2D eigenvalue weighted by Gasteiger charge is 2.39. The summed E-state index contributed by atoms with van der Waals surface area (Å²) in [7, 11) is 0. The zero-order valence-corrected chi connectivity index (χ0v) is 8.02. The fourth-order valence-corrected chi connectivity index (χ4v) is 2.36. The van der Waals surface area contributed by atoms with E-state index in [1.54, 1.807) is 9.80 Å². The van der Waals surface area contributed by atoms with Crippen LogP contribution < -0.4 is 5.73 Å². The monoisotopic (exact) mass is 194 g/mol. The van der Waals surface area contributed by atoms with E-state index >= 15 is 0 Å². The second kappa shape index (κ2) is 3.37. The molecule has 2 aliphatic heterocycles. The molecule has 0 spiro atoms. The van der Waals surface area contributed by atoms with Crippen LogP contribution in [-0.2, 0) is 0 Å². The maximum Gasteiger partial charge on any atom is 0.315 e. The fraction of sp³-hybridized carbons (Fsp3) is 0.778. The van der Waals surface area contributed by atoms with Crippen LogP contribution in [0.2, 0.25) is 0 Å². The molecule has 0 saturated carbocycles. The van der Waals surface area contributed by atoms with Crippen LogP contribution in [0.25, 0.3) is 0 Å². The lowest BCUT2D eigenvalue weighted by Crippen LogP contribution is -2.56. The van der Waals surface area contributed by atoms with E-state index < -0.39 is 0 Å². The van der Waals surface area contributed by atoms with Gasteiger partial charge in [0.1, 0.15) is 0 Å². The summed E-state index contributed by atoms with van der Waals surface area (Å²) in [6.45, 7) is 2.39. The number of carbonyl (C=O) groups is 1. The van der Waals surface area contributed by atoms with Gasteiger partial charge in [0.2, 0.25) is 0 Å². The third kappa shape index (κ3) is 1.37. The Morgan fingerprint density at radius 2 is 2.21 bits per heavy atom. The molecular weight excluding hydrogens is 180 g/mol. The molecule has 2 unspecified atom stereocenters. The molecule has 76 valence electrons. The first-order chi connectivity index (χ1) is 6.72. The van der Waals surface area contributed by atoms with Gasteiger partial charge in [-0.3, -0.25) is 0 Å². The first-order valence-electron chi connectivity index (χ1n) is 4.93. The van der Waals surface area contributed by atoms with Crippen molar-refractivity contribution in [3.05, 3.63) is 0 Å². The number of rotatable bonds is 1. The molecule has 0 aromatic carbocycles. The number of carbonyl (C=O) groups excluding carboxylic acids is 1. The molecule has 0 aromatic rings. The second-order valence-corrected chi connectivity index (χ2v) is 3.98. The minimum Gasteiger partial charge on any atom is -0.351 e. The third-order valence-corrected chi connectivity index (χ3v) is 3.26. The molecule has 2 amide bonds. The van der Waals surface area contributed by atoms with Gasteiger partial charge in [-0.2, -0.15) is 5.26 Å². The number of likely N-dealkylation sites (tertiary alicyclic amines) is 2. The first kappa shape index (κ1) is 9.13. The van der Waals surface area contributed by atoms with E-state index in [0.29, 0.717) is 5.92 Å². The topological polar surface area (TPSA) is 73.4 Å². The Hall–Kier alpha value is -1.44. The highest BCUT2D eigenvalue weighted by Crippen LogP contribution is 2.30. The van der Waals surface area contributed by atoms with Gasteiger partial charge in [0.15, 0.2) is 6.19 Å². The molecule has 2 N–H and O–H groups in total. The van der Waals surface area contributed by atoms with Crippen molar-refractivity contribution in [3.8, 4) is 6.19 Å². The van der Waals surface area contributed by atoms with Crippen LogP contribution in [0.3, 0.4) is 0 Å². The van der Waals surface area contributed by atoms with E-state index in [2.05, 4.69) is 6.19 Å². The Morgan fingerprint density at radius 3 is 2.64 bits per heavy atom. The van der Waals surface area contributed by atoms with Gasteiger partial charge in [0.25, 0.3) is 0 Å². The Labute approximate surface area is 83.1 Å². The highest BCUT2D eigenvalue weighted by atomic mass is 16.2. The van der Waals surface area contributed by atoms with Gasteiger partial charge in [-0.05, 0) is 18.8 Å². The van der Waals surface area contributed by atoms with Crippen LogP contribution in [0.1, 0.15) is 12.8 Å². The largest absolute Gasteiger partial charge is 0.351 e. The van der Waals surface area contributed by atoms with E-state index in [9.17, 15) is 4.79 Å². The van der Waals surface area contributed by atoms with Gasteiger partial charge in [-0.15, -0.1) is 0 Å². The second-order valence-electron chi connectivity index (χ2n) is 3.98. The first-order valence-corrected chi connectivity index (χ1v) is 4.93. The minimum atomic E-state index is -0.323. The van der Waals surface area contributed by atoms with Crippen LogP contribution in [0.15, 0.2) is 0 Å². The van der Waals surface area contributed by atoms with Crippen LogP contribution in [0.4, 0.5) is 4.79 Å². The third-order valence-electron chi connectivity index (χ3n) is 3.26. The Bertz CT molecular complexity index is 285. The number of hydrogen-bond acceptors (Lipinski definition) is 3. The van der Waals surface area contributed by atoms with Crippen LogP contribution in [0, 0.1) is 17.4 Å². The van der Waals surface area contributed by atoms with Gasteiger partial charge in [0, 0.05) is 25.7 Å². The number of nitrogens with two attached hydrogens (primary N) is 1. The summed E-state index contributed by atoms with van der Waals surface area (Å²) in [5.41, 5.74) is 5.23. The minimum absolute atomic E-state index is 0.283. The maximum atomic E-state index is 11.0. The highest BCUT2D eigenvalue weighted by molar-refractivity contribution is 5.73. The van der Waals surface area contributed by atoms with Crippen LogP contribution >= 0.6 is 0 Å². The molecule has 5 nitrogen and oxygen atoms in total. The van der Waals surface area contributed by atoms with Gasteiger partial charge in [-0.1, -0.05) is 0 Å². The van der Waals surface area contributed by atoms with Gasteiger partial charge < -0.3 is 15.5 Å². The van der Waals surface area contributed by atoms with Crippen molar-refractivity contribution in [3.63, 3.8) is 0 Å². The van der Waals surface area contributed by atoms with Crippen molar-refractivity contribution in [1.29, 1.82) is 5.26 Å². The fourth-order valence-electron chi connectivity index (χ4n) is 2.36. The van der Waals surface area contributed by atoms with E-state index in [-0.39, 0.29) is 12.1 Å². The Balaban J connectivity index is 1.92. The quantitative estimate of drug-likeness (QED) is 0.594. The van der Waals surface area contributed by atoms with Gasteiger partial charge in [0.05, 0.1) is 0 Å². The molecule has 2 atom stereocenters. The standard InChI is InChI=1S/C9H14N4O/c10-6-12-3-1-7(5-12)8-2-4-13(8)9(11)14/h7-8H,1-5H2,(H2,11,14). The number of primary amides is 1. The molecule has 14 heavy (non-hydrogen) atoms. The van der Waals surface area contributed by atoms with Crippen molar-refractivity contribution in [2.45, 2.75) is 18.9 Å². The summed E-state index contributed by atoms with van der Waals surface area (Å²) in [6.07, 6.45) is 4.18. The lowest BCUT2D eigenvalue weighted by Gasteiger charge is -2.43. The molecule has 0 radical (unpaired) electrons. The number of nitrogens with zero attached hydrogens (tertiary/aromatic N) is 3. The molecule has 0 bridgehead atoms. The molecule has 2 saturated heterocycles. The van der Waals surface area contributed by atoms with Gasteiger partial charge >= 0.3 is 6.03 Å². The summed E-state index contributed by atoms with van der Waals surface area (Å²) in [4.78, 5) is 14.4. The Kier molecular flexibility index (Phi) is 2.20. The van der Waals surface area contributed by atoms with Crippen molar-refractivity contribution < 1.29 is 4.79 Å². The predicted octanol–water partition coefficient (Wildman–Crippen LogP) is -0.0576. The van der Waals surface area contributed by atoms with Crippen molar-refractivity contribution in [1.82, 2.24) is 9.80 Å². The smallest absolute Gasteiger partial charge is 0.315 e. The average Bonchev–Trinajstić information content (AvgIpc) is 2.49. The van der Waals surface area contributed by atoms with Crippen molar-refractivity contribution >= 4 is 6.03 Å². The molecule has 5 heteroatoms. The van der Waals surface area contributed by atoms with Crippen LogP contribution in [0.5, 0.6) is 0 Å². The molecule has 2 rings (SSSR count). The van der Waals surface area contributed by atoms with Crippen molar-refractivity contribution in [2.75, 3.05) is 19.6 Å². The Morgan fingerprint density at radius 1 is 1.43 bits per heavy atom. The zero-order chi connectivity index (χ0) is 10.1. The van der Waals surface area contributed by atoms with Crippen molar-refractivity contribution in [2.24, 2.45) is 11.7 Å². The molecule has 0 aliphatic carbocycles. The molecule has 2 aliphatic rings. The number of hydrogen-bond donors (Lipinski definition) is 1. The summed E-state index contributed by atoms with van der Waals surface area (Å²) in [5.74, 6) is 0.441. The SMILES string of the molecule is N#CN1CCC(C2CCN2C(N)=O)C1. The van der Waals surface area contributed by atoms with Crippen LogP contribution in [-0.4, -0.2) is 41.5 Å². The number of urea groups is 1. The molecular formula is C9H14N4O. The lowest BCUT2D eigenvalue weighted by atomic mass is 9.89. The normalized spacial score (nSPS) is 31.1.